The first-order chi connectivity index (χ1) is 14.9. The summed E-state index contributed by atoms with van der Waals surface area (Å²) in [6, 6.07) is 6.25. The van der Waals surface area contributed by atoms with Gasteiger partial charge in [-0.1, -0.05) is 6.92 Å². The van der Waals surface area contributed by atoms with E-state index in [4.69, 9.17) is 14.6 Å². The quantitative estimate of drug-likeness (QED) is 0.487. The van der Waals surface area contributed by atoms with Gasteiger partial charge >= 0.3 is 11.9 Å². The van der Waals surface area contributed by atoms with Gasteiger partial charge in [0.25, 0.3) is 0 Å². The predicted molar refractivity (Wildman–Crippen MR) is 121 cm³/mol. The van der Waals surface area contributed by atoms with Crippen LogP contribution in [0.3, 0.4) is 0 Å². The lowest BCUT2D eigenvalue weighted by atomic mass is 9.70. The first kappa shape index (κ1) is 23.2. The van der Waals surface area contributed by atoms with E-state index in [0.717, 1.165) is 33.6 Å². The summed E-state index contributed by atoms with van der Waals surface area (Å²) < 4.78 is 13.3. The molecule has 0 saturated heterocycles. The Kier molecular flexibility index (Phi) is 7.64. The van der Waals surface area contributed by atoms with Gasteiger partial charge in [-0.15, -0.1) is 0 Å². The molecule has 7 nitrogen and oxygen atoms in total. The van der Waals surface area contributed by atoms with Crippen molar-refractivity contribution in [1.82, 2.24) is 9.66 Å². The number of ether oxygens (including phenoxy) is 2. The van der Waals surface area contributed by atoms with Gasteiger partial charge in [0.15, 0.2) is 0 Å². The third-order valence-electron chi connectivity index (χ3n) is 5.52. The molecule has 1 aliphatic rings. The van der Waals surface area contributed by atoms with Gasteiger partial charge in [0, 0.05) is 47.7 Å². The predicted octanol–water partition coefficient (Wildman–Crippen LogP) is 4.40. The van der Waals surface area contributed by atoms with Crippen LogP contribution in [0.4, 0.5) is 0 Å². The summed E-state index contributed by atoms with van der Waals surface area (Å²) in [6.45, 7) is 5.80. The smallest absolute Gasteiger partial charge is 0.305 e. The van der Waals surface area contributed by atoms with Crippen molar-refractivity contribution in [3.8, 4) is 0 Å². The van der Waals surface area contributed by atoms with E-state index in [-0.39, 0.29) is 18.5 Å². The Morgan fingerprint density at radius 1 is 1.23 bits per heavy atom. The highest BCUT2D eigenvalue weighted by Crippen LogP contribution is 2.44. The van der Waals surface area contributed by atoms with Gasteiger partial charge < -0.3 is 9.47 Å². The number of halogens is 1. The van der Waals surface area contributed by atoms with Crippen LogP contribution in [0.15, 0.2) is 40.2 Å². The molecule has 1 atom stereocenters. The van der Waals surface area contributed by atoms with Crippen LogP contribution in [0, 0.1) is 0 Å². The molecule has 166 valence electrons. The highest BCUT2D eigenvalue weighted by Gasteiger charge is 2.41. The molecule has 3 rings (SSSR count). The topological polar surface area (TPSA) is 82.8 Å². The largest absolute Gasteiger partial charge is 0.466 e. The summed E-state index contributed by atoms with van der Waals surface area (Å²) in [5.41, 5.74) is 3.49. The molecule has 0 saturated carbocycles. The summed E-state index contributed by atoms with van der Waals surface area (Å²) in [6.07, 6.45) is 6.72. The summed E-state index contributed by atoms with van der Waals surface area (Å²) in [5, 5.41) is 4.80. The maximum absolute atomic E-state index is 12.0. The zero-order chi connectivity index (χ0) is 22.4. The fraction of sp³-hybridized carbons (Fsp3) is 0.478. The highest BCUT2D eigenvalue weighted by molar-refractivity contribution is 9.10. The number of aromatic nitrogens is 2. The number of carbonyl (C=O) groups is 2. The van der Waals surface area contributed by atoms with Gasteiger partial charge in [-0.2, -0.15) is 5.10 Å². The molecule has 2 aromatic rings. The molecule has 0 bridgehead atoms. The first-order valence-electron chi connectivity index (χ1n) is 10.6. The van der Waals surface area contributed by atoms with Gasteiger partial charge in [-0.25, -0.2) is 4.68 Å². The normalized spacial score (nSPS) is 17.6. The lowest BCUT2D eigenvalue weighted by Gasteiger charge is -2.38. The van der Waals surface area contributed by atoms with E-state index in [1.165, 1.54) is 6.92 Å². The van der Waals surface area contributed by atoms with Gasteiger partial charge in [0.2, 0.25) is 0 Å². The second-order valence-electron chi connectivity index (χ2n) is 7.63. The molecule has 0 N–H and O–H groups in total. The van der Waals surface area contributed by atoms with Crippen molar-refractivity contribution in [3.05, 3.63) is 52.0 Å². The number of pyridine rings is 1. The van der Waals surface area contributed by atoms with Crippen LogP contribution in [0.25, 0.3) is 0 Å². The van der Waals surface area contributed by atoms with Gasteiger partial charge in [-0.3, -0.25) is 14.6 Å². The second-order valence-corrected chi connectivity index (χ2v) is 8.55. The number of hydrogen-bond donors (Lipinski definition) is 0. The van der Waals surface area contributed by atoms with E-state index < -0.39 is 5.41 Å². The molecule has 31 heavy (non-hydrogen) atoms. The SMILES string of the molecule is CCOC(=O)CCCC1(c2cncc(Br)c2)CC(COC(C)=O)=Nn2c(CC)ccc21. The number of rotatable bonds is 9. The Balaban J connectivity index is 2.05. The lowest BCUT2D eigenvalue weighted by Crippen LogP contribution is -2.38. The maximum atomic E-state index is 12.0. The Morgan fingerprint density at radius 3 is 2.71 bits per heavy atom. The fourth-order valence-electron chi connectivity index (χ4n) is 4.15. The second kappa shape index (κ2) is 10.2. The van der Waals surface area contributed by atoms with Crippen molar-refractivity contribution in [3.63, 3.8) is 0 Å². The van der Waals surface area contributed by atoms with Crippen molar-refractivity contribution < 1.29 is 19.1 Å². The molecule has 0 spiro atoms. The molecule has 0 amide bonds. The van der Waals surface area contributed by atoms with Crippen LogP contribution < -0.4 is 0 Å². The van der Waals surface area contributed by atoms with E-state index in [2.05, 4.69) is 46.0 Å². The van der Waals surface area contributed by atoms with Gasteiger partial charge in [-0.05, 0) is 65.9 Å². The van der Waals surface area contributed by atoms with Crippen LogP contribution in [0.2, 0.25) is 0 Å². The average Bonchev–Trinajstić information content (AvgIpc) is 3.16. The van der Waals surface area contributed by atoms with E-state index in [0.29, 0.717) is 32.3 Å². The number of carbonyl (C=O) groups excluding carboxylic acids is 2. The molecule has 0 radical (unpaired) electrons. The van der Waals surface area contributed by atoms with Crippen LogP contribution in [0.1, 0.15) is 63.4 Å². The molecule has 1 unspecified atom stereocenters. The van der Waals surface area contributed by atoms with Crippen LogP contribution in [-0.2, 0) is 30.9 Å². The van der Waals surface area contributed by atoms with E-state index >= 15 is 0 Å². The fourth-order valence-corrected chi connectivity index (χ4v) is 4.52. The van der Waals surface area contributed by atoms with Crippen molar-refractivity contribution in [2.45, 2.75) is 58.3 Å². The van der Waals surface area contributed by atoms with Crippen molar-refractivity contribution in [1.29, 1.82) is 0 Å². The van der Waals surface area contributed by atoms with Crippen molar-refractivity contribution in [2.75, 3.05) is 13.2 Å². The zero-order valence-corrected chi connectivity index (χ0v) is 19.8. The zero-order valence-electron chi connectivity index (χ0n) is 18.2. The van der Waals surface area contributed by atoms with E-state index in [1.807, 2.05) is 17.8 Å². The molecule has 3 heterocycles. The minimum Gasteiger partial charge on any atom is -0.466 e. The van der Waals surface area contributed by atoms with E-state index in [1.54, 1.807) is 6.20 Å². The third-order valence-corrected chi connectivity index (χ3v) is 5.96. The average molecular weight is 490 g/mol. The Bertz CT molecular complexity index is 985. The molecule has 2 aromatic heterocycles. The molecule has 0 aliphatic carbocycles. The number of nitrogens with zero attached hydrogens (tertiary/aromatic N) is 3. The molecular weight excluding hydrogens is 462 g/mol. The number of esters is 2. The summed E-state index contributed by atoms with van der Waals surface area (Å²) in [4.78, 5) is 27.8. The minimum absolute atomic E-state index is 0.136. The molecule has 1 aliphatic heterocycles. The Morgan fingerprint density at radius 2 is 2.03 bits per heavy atom. The lowest BCUT2D eigenvalue weighted by molar-refractivity contribution is -0.143. The Hall–Kier alpha value is -2.48. The maximum Gasteiger partial charge on any atom is 0.305 e. The Labute approximate surface area is 191 Å². The summed E-state index contributed by atoms with van der Waals surface area (Å²) >= 11 is 3.55. The highest BCUT2D eigenvalue weighted by atomic mass is 79.9. The number of hydrogen-bond acceptors (Lipinski definition) is 6. The van der Waals surface area contributed by atoms with Gasteiger partial charge in [0.05, 0.1) is 18.0 Å². The van der Waals surface area contributed by atoms with Crippen molar-refractivity contribution in [2.24, 2.45) is 5.10 Å². The summed E-state index contributed by atoms with van der Waals surface area (Å²) in [5.74, 6) is -0.534. The standard InChI is InChI=1S/C23H28BrN3O4/c1-4-20-8-9-21-23(10-6-7-22(29)30-5-2,17-11-18(24)14-25-13-17)12-19(26-27(20)21)15-31-16(3)28/h8-9,11,13-14H,4-7,10,12,15H2,1-3H3. The first-order valence-corrected chi connectivity index (χ1v) is 11.4. The van der Waals surface area contributed by atoms with Crippen LogP contribution in [-0.4, -0.2) is 40.5 Å². The van der Waals surface area contributed by atoms with Gasteiger partial charge in [0.1, 0.15) is 6.61 Å². The minimum atomic E-state index is -0.450. The monoisotopic (exact) mass is 489 g/mol. The number of fused-ring (bicyclic) bond motifs is 1. The van der Waals surface area contributed by atoms with Crippen LogP contribution >= 0.6 is 15.9 Å². The molecule has 0 fully saturated rings. The van der Waals surface area contributed by atoms with Crippen molar-refractivity contribution >= 4 is 33.6 Å². The summed E-state index contributed by atoms with van der Waals surface area (Å²) in [7, 11) is 0. The number of aryl methyl sites for hydroxylation is 1. The molecule has 0 aromatic carbocycles. The van der Waals surface area contributed by atoms with E-state index in [9.17, 15) is 9.59 Å². The molecule has 8 heteroatoms. The molecular formula is C23H28BrN3O4. The third kappa shape index (κ3) is 5.23. The van der Waals surface area contributed by atoms with Crippen LogP contribution in [0.5, 0.6) is 0 Å².